The number of nitrogens with zero attached hydrogens (tertiary/aromatic N) is 4. The molecule has 0 spiro atoms. The van der Waals surface area contributed by atoms with Crippen LogP contribution in [0.2, 0.25) is 12.1 Å². The van der Waals surface area contributed by atoms with Crippen LogP contribution in [0.4, 0.5) is 0 Å². The van der Waals surface area contributed by atoms with Crippen LogP contribution in [0.15, 0.2) is 94.9 Å². The van der Waals surface area contributed by atoms with Crippen LogP contribution < -0.4 is 0 Å². The summed E-state index contributed by atoms with van der Waals surface area (Å²) in [4.78, 5) is 15.7. The van der Waals surface area contributed by atoms with Crippen molar-refractivity contribution >= 4 is 62.0 Å². The highest BCUT2D eigenvalue weighted by Gasteiger charge is 2.39. The molecule has 0 N–H and O–H groups in total. The fraction of sp³-hybridized carbons (Fsp3) is 0.542. The van der Waals surface area contributed by atoms with Gasteiger partial charge in [0.05, 0.1) is 13.1 Å². The number of fused-ring (bicyclic) bond motifs is 2. The van der Waals surface area contributed by atoms with Crippen LogP contribution in [-0.2, 0) is 0 Å². The van der Waals surface area contributed by atoms with Gasteiger partial charge in [-0.2, -0.15) is 22.4 Å². The molecule has 0 radical (unpaired) electrons. The predicted molar refractivity (Wildman–Crippen MR) is 250 cm³/mol. The van der Waals surface area contributed by atoms with Gasteiger partial charge in [0.2, 0.25) is 0 Å². The van der Waals surface area contributed by atoms with Gasteiger partial charge in [-0.15, -0.1) is 0 Å². The topological polar surface area (TPSA) is 31.2 Å². The molecule has 4 aromatic rings. The predicted octanol–water partition coefficient (Wildman–Crippen LogP) is 13.2. The van der Waals surface area contributed by atoms with Gasteiger partial charge in [0.25, 0.3) is 0 Å². The first-order valence-electron chi connectivity index (χ1n) is 21.7. The summed E-state index contributed by atoms with van der Waals surface area (Å²) in [6.07, 6.45) is 9.08. The fourth-order valence-corrected chi connectivity index (χ4v) is 25.1. The molecule has 0 fully saturated rings. The maximum atomic E-state index is 5.18. The zero-order valence-electron chi connectivity index (χ0n) is 34.8. The minimum atomic E-state index is -1.76. The van der Waals surface area contributed by atoms with Crippen LogP contribution in [-0.4, -0.2) is 77.6 Å². The normalized spacial score (nSPS) is 17.1. The SMILES string of the molecule is CCCCCC[Si](CCCCCC)(SC(C)CN1CCN=C1C(C)c1cccc2ccccc12)SC(C)CN1CCN=C1C(C)c1cccc2ccccc12. The summed E-state index contributed by atoms with van der Waals surface area (Å²) in [5.41, 5.74) is 2.81. The highest BCUT2D eigenvalue weighted by Crippen LogP contribution is 2.47. The molecule has 2 aliphatic heterocycles. The van der Waals surface area contributed by atoms with E-state index in [1.807, 2.05) is 0 Å². The lowest BCUT2D eigenvalue weighted by Gasteiger charge is -2.38. The molecule has 4 unspecified atom stereocenters. The van der Waals surface area contributed by atoms with Crippen molar-refractivity contribution in [1.82, 2.24) is 9.80 Å². The second-order valence-electron chi connectivity index (χ2n) is 16.3. The van der Waals surface area contributed by atoms with Gasteiger partial charge >= 0.3 is 0 Å². The maximum Gasteiger partial charge on any atom is 0.177 e. The minimum absolute atomic E-state index is 0.290. The van der Waals surface area contributed by atoms with E-state index in [1.165, 1.54) is 108 Å². The average Bonchev–Trinajstić information content (AvgIpc) is 3.86. The first-order valence-corrected chi connectivity index (χ1v) is 27.3. The van der Waals surface area contributed by atoms with E-state index in [0.717, 1.165) is 39.3 Å². The van der Waals surface area contributed by atoms with Crippen LogP contribution >= 0.6 is 22.4 Å². The van der Waals surface area contributed by atoms with Crippen molar-refractivity contribution < 1.29 is 0 Å². The standard InChI is InChI=1S/C48H68N4S2Si/c1-7-9-11-17-33-55(34-18-12-10-8-2,53-37(3)35-51-31-29-49-47(51)39(5)43-27-19-23-41-21-13-15-25-45(41)43)54-38(4)36-52-32-30-50-48(52)40(6)44-28-20-24-42-22-14-16-26-46(42)44/h13-16,19-28,37-40H,7-12,17-18,29-36H2,1-6H3. The largest absolute Gasteiger partial charge is 0.357 e. The Kier molecular flexibility index (Phi) is 15.7. The van der Waals surface area contributed by atoms with Gasteiger partial charge in [0.1, 0.15) is 11.7 Å². The van der Waals surface area contributed by atoms with E-state index in [0.29, 0.717) is 10.5 Å². The molecule has 4 aromatic carbocycles. The van der Waals surface area contributed by atoms with E-state index < -0.39 is 6.37 Å². The van der Waals surface area contributed by atoms with Crippen LogP contribution in [0.5, 0.6) is 0 Å². The van der Waals surface area contributed by atoms with E-state index >= 15 is 0 Å². The zero-order chi connectivity index (χ0) is 38.6. The number of rotatable bonds is 22. The van der Waals surface area contributed by atoms with Crippen molar-refractivity contribution in [2.45, 2.75) is 127 Å². The lowest BCUT2D eigenvalue weighted by Crippen LogP contribution is -2.41. The van der Waals surface area contributed by atoms with Crippen LogP contribution in [0.25, 0.3) is 21.5 Å². The molecule has 0 aromatic heterocycles. The summed E-state index contributed by atoms with van der Waals surface area (Å²) in [6.45, 7) is 20.7. The third-order valence-electron chi connectivity index (χ3n) is 11.9. The van der Waals surface area contributed by atoms with E-state index in [4.69, 9.17) is 9.98 Å². The number of hydrogen-bond donors (Lipinski definition) is 0. The first-order chi connectivity index (χ1) is 26.8. The molecule has 0 amide bonds. The van der Waals surface area contributed by atoms with E-state index in [2.05, 4.69) is 159 Å². The smallest absolute Gasteiger partial charge is 0.177 e. The van der Waals surface area contributed by atoms with Gasteiger partial charge in [0.15, 0.2) is 6.37 Å². The van der Waals surface area contributed by atoms with Crippen molar-refractivity contribution in [3.05, 3.63) is 96.1 Å². The van der Waals surface area contributed by atoms with Crippen molar-refractivity contribution in [1.29, 1.82) is 0 Å². The number of aliphatic imine (C=N–C) groups is 2. The van der Waals surface area contributed by atoms with E-state index in [1.54, 1.807) is 0 Å². The Morgan fingerprint density at radius 3 is 1.40 bits per heavy atom. The molecule has 55 heavy (non-hydrogen) atoms. The van der Waals surface area contributed by atoms with Gasteiger partial charge in [-0.3, -0.25) is 9.98 Å². The minimum Gasteiger partial charge on any atom is -0.357 e. The third kappa shape index (κ3) is 10.8. The van der Waals surface area contributed by atoms with Crippen LogP contribution in [0, 0.1) is 0 Å². The Hall–Kier alpha value is -2.74. The second-order valence-corrected chi connectivity index (χ2v) is 28.1. The molecule has 2 aliphatic rings. The molecule has 4 atom stereocenters. The van der Waals surface area contributed by atoms with Crippen molar-refractivity contribution in [2.75, 3.05) is 39.3 Å². The zero-order valence-corrected chi connectivity index (χ0v) is 37.4. The summed E-state index contributed by atoms with van der Waals surface area (Å²) in [5.74, 6) is 3.17. The third-order valence-corrected chi connectivity index (χ3v) is 25.3. The summed E-state index contributed by atoms with van der Waals surface area (Å²) in [7, 11) is 0. The quantitative estimate of drug-likeness (QED) is 0.0586. The first kappa shape index (κ1) is 41.9. The summed E-state index contributed by atoms with van der Waals surface area (Å²) >= 11 is 4.91. The molecule has 0 saturated heterocycles. The monoisotopic (exact) mass is 792 g/mol. The fourth-order valence-electron chi connectivity index (χ4n) is 9.18. The van der Waals surface area contributed by atoms with Gasteiger partial charge in [-0.05, 0) is 44.8 Å². The number of amidine groups is 2. The van der Waals surface area contributed by atoms with Gasteiger partial charge in [-0.1, -0.05) is 178 Å². The second kappa shape index (κ2) is 20.6. The lowest BCUT2D eigenvalue weighted by molar-refractivity contribution is 0.449. The summed E-state index contributed by atoms with van der Waals surface area (Å²) in [6, 6.07) is 34.2. The molecule has 6 rings (SSSR count). The Morgan fingerprint density at radius 2 is 0.964 bits per heavy atom. The number of unbranched alkanes of at least 4 members (excludes halogenated alkanes) is 6. The lowest BCUT2D eigenvalue weighted by atomic mass is 9.93. The van der Waals surface area contributed by atoms with E-state index in [9.17, 15) is 0 Å². The molecule has 4 nitrogen and oxygen atoms in total. The molecular formula is C48H68N4S2Si. The average molecular weight is 793 g/mol. The van der Waals surface area contributed by atoms with Crippen molar-refractivity contribution in [2.24, 2.45) is 9.98 Å². The highest BCUT2D eigenvalue weighted by molar-refractivity contribution is 8.58. The molecule has 2 heterocycles. The van der Waals surface area contributed by atoms with E-state index in [-0.39, 0.29) is 11.8 Å². The molecule has 0 saturated carbocycles. The summed E-state index contributed by atoms with van der Waals surface area (Å²) < 4.78 is 0. The Bertz CT molecular complexity index is 1730. The van der Waals surface area contributed by atoms with Crippen LogP contribution in [0.3, 0.4) is 0 Å². The molecule has 296 valence electrons. The van der Waals surface area contributed by atoms with Gasteiger partial charge < -0.3 is 9.80 Å². The highest BCUT2D eigenvalue weighted by atomic mass is 32.6. The molecular weight excluding hydrogens is 725 g/mol. The summed E-state index contributed by atoms with van der Waals surface area (Å²) in [5, 5.41) is 6.52. The number of benzene rings is 4. The maximum absolute atomic E-state index is 5.18. The van der Waals surface area contributed by atoms with Crippen LogP contribution in [0.1, 0.15) is 116 Å². The van der Waals surface area contributed by atoms with Gasteiger partial charge in [-0.25, -0.2) is 0 Å². The Morgan fingerprint density at radius 1 is 0.545 bits per heavy atom. The molecule has 0 bridgehead atoms. The Labute approximate surface area is 342 Å². The Balaban J connectivity index is 1.18. The van der Waals surface area contributed by atoms with Crippen molar-refractivity contribution in [3.63, 3.8) is 0 Å². The molecule has 7 heteroatoms. The number of hydrogen-bond acceptors (Lipinski definition) is 6. The van der Waals surface area contributed by atoms with Gasteiger partial charge in [0, 0.05) is 48.5 Å². The molecule has 0 aliphatic carbocycles. The van der Waals surface area contributed by atoms with Crippen molar-refractivity contribution in [3.8, 4) is 0 Å².